The summed E-state index contributed by atoms with van der Waals surface area (Å²) >= 11 is 0. The lowest BCUT2D eigenvalue weighted by molar-refractivity contribution is 0.145. The summed E-state index contributed by atoms with van der Waals surface area (Å²) in [5, 5.41) is 9.49. The summed E-state index contributed by atoms with van der Waals surface area (Å²) in [5.74, 6) is 5.31. The van der Waals surface area contributed by atoms with Crippen LogP contribution in [0.25, 0.3) is 0 Å². The molecule has 0 heterocycles. The van der Waals surface area contributed by atoms with Gasteiger partial charge in [-0.3, -0.25) is 0 Å². The maximum atomic E-state index is 10.5. The van der Waals surface area contributed by atoms with Crippen LogP contribution in [0.15, 0.2) is 0 Å². The van der Waals surface area contributed by atoms with E-state index < -0.39 is 6.09 Å². The fourth-order valence-electron chi connectivity index (χ4n) is 2.93. The summed E-state index contributed by atoms with van der Waals surface area (Å²) in [7, 11) is 0. The molecule has 0 atom stereocenters. The number of hydrogen-bond donors (Lipinski definition) is 2. The molecule has 0 aliphatic rings. The van der Waals surface area contributed by atoms with Crippen molar-refractivity contribution in [1.82, 2.24) is 5.01 Å². The molecule has 0 aliphatic carbocycles. The Balaban J connectivity index is 3.04. The molecule has 0 fully saturated rings. The molecule has 0 aromatic carbocycles. The van der Waals surface area contributed by atoms with Gasteiger partial charge in [-0.2, -0.15) is 0 Å². The topological polar surface area (TPSA) is 66.6 Å². The van der Waals surface area contributed by atoms with E-state index in [2.05, 4.69) is 6.92 Å². The standard InChI is InChI=1S/C19H40N2O2/c1-2-3-4-5-6-7-8-9-10-11-12-13-14-15-16-17-18-21(20)19(22)23/h2-18,20H2,1H3,(H,22,23). The van der Waals surface area contributed by atoms with Crippen LogP contribution in [-0.2, 0) is 0 Å². The molecule has 0 aromatic rings. The zero-order chi connectivity index (χ0) is 17.2. The van der Waals surface area contributed by atoms with Crippen LogP contribution in [0.3, 0.4) is 0 Å². The smallest absolute Gasteiger partial charge is 0.421 e. The van der Waals surface area contributed by atoms with E-state index in [0.717, 1.165) is 17.9 Å². The normalized spacial score (nSPS) is 10.9. The zero-order valence-corrected chi connectivity index (χ0v) is 15.4. The minimum absolute atomic E-state index is 0.452. The first-order valence-corrected chi connectivity index (χ1v) is 9.93. The summed E-state index contributed by atoms with van der Waals surface area (Å²) in [6, 6.07) is 0. The van der Waals surface area contributed by atoms with E-state index >= 15 is 0 Å². The van der Waals surface area contributed by atoms with E-state index in [1.165, 1.54) is 89.9 Å². The monoisotopic (exact) mass is 328 g/mol. The van der Waals surface area contributed by atoms with Crippen molar-refractivity contribution < 1.29 is 9.90 Å². The second kappa shape index (κ2) is 17.6. The van der Waals surface area contributed by atoms with E-state index in [0.29, 0.717) is 6.54 Å². The number of hydrazine groups is 1. The average Bonchev–Trinajstić information content (AvgIpc) is 2.54. The van der Waals surface area contributed by atoms with Crippen molar-refractivity contribution >= 4 is 6.09 Å². The minimum Gasteiger partial charge on any atom is -0.464 e. The number of nitrogens with zero attached hydrogens (tertiary/aromatic N) is 1. The minimum atomic E-state index is -1.04. The number of rotatable bonds is 17. The largest absolute Gasteiger partial charge is 0.464 e. The van der Waals surface area contributed by atoms with Gasteiger partial charge in [-0.15, -0.1) is 0 Å². The van der Waals surface area contributed by atoms with Gasteiger partial charge in [0.2, 0.25) is 0 Å². The third kappa shape index (κ3) is 17.4. The summed E-state index contributed by atoms with van der Waals surface area (Å²) in [6.07, 6.45) is 20.2. The number of carbonyl (C=O) groups is 1. The number of amides is 1. The lowest BCUT2D eigenvalue weighted by atomic mass is 10.0. The first kappa shape index (κ1) is 22.2. The van der Waals surface area contributed by atoms with Crippen molar-refractivity contribution in [2.45, 2.75) is 110 Å². The molecule has 0 aromatic heterocycles. The summed E-state index contributed by atoms with van der Waals surface area (Å²) in [5.41, 5.74) is 0. The lowest BCUT2D eigenvalue weighted by Crippen LogP contribution is -2.36. The second-order valence-corrected chi connectivity index (χ2v) is 6.78. The van der Waals surface area contributed by atoms with Crippen LogP contribution in [0, 0.1) is 0 Å². The molecular formula is C19H40N2O2. The predicted molar refractivity (Wildman–Crippen MR) is 98.5 cm³/mol. The molecule has 23 heavy (non-hydrogen) atoms. The Hall–Kier alpha value is -0.770. The molecule has 0 unspecified atom stereocenters. The van der Waals surface area contributed by atoms with Gasteiger partial charge in [-0.05, 0) is 6.42 Å². The highest BCUT2D eigenvalue weighted by atomic mass is 16.4. The van der Waals surface area contributed by atoms with Crippen LogP contribution in [0.4, 0.5) is 4.79 Å². The lowest BCUT2D eigenvalue weighted by Gasteiger charge is -2.11. The van der Waals surface area contributed by atoms with Crippen molar-refractivity contribution in [3.63, 3.8) is 0 Å². The van der Waals surface area contributed by atoms with E-state index in [9.17, 15) is 4.79 Å². The Bertz CT molecular complexity index is 260. The van der Waals surface area contributed by atoms with Gasteiger partial charge in [0.15, 0.2) is 0 Å². The fourth-order valence-corrected chi connectivity index (χ4v) is 2.93. The molecule has 138 valence electrons. The second-order valence-electron chi connectivity index (χ2n) is 6.78. The number of carboxylic acid groups (broad SMARTS) is 1. The Morgan fingerprint density at radius 2 is 1.00 bits per heavy atom. The Labute approximate surface area is 143 Å². The first-order chi connectivity index (χ1) is 11.2. The summed E-state index contributed by atoms with van der Waals surface area (Å²) in [4.78, 5) is 10.5. The molecule has 4 nitrogen and oxygen atoms in total. The van der Waals surface area contributed by atoms with Gasteiger partial charge >= 0.3 is 6.09 Å². The van der Waals surface area contributed by atoms with Gasteiger partial charge in [0.25, 0.3) is 0 Å². The van der Waals surface area contributed by atoms with Gasteiger partial charge in [-0.1, -0.05) is 103 Å². The molecule has 0 spiro atoms. The molecule has 0 rings (SSSR count). The van der Waals surface area contributed by atoms with Crippen molar-refractivity contribution in [3.05, 3.63) is 0 Å². The SMILES string of the molecule is CCCCCCCCCCCCCCCCCCN(N)C(=O)O. The molecule has 0 bridgehead atoms. The Morgan fingerprint density at radius 1 is 0.696 bits per heavy atom. The van der Waals surface area contributed by atoms with E-state index in [1.54, 1.807) is 0 Å². The summed E-state index contributed by atoms with van der Waals surface area (Å²) < 4.78 is 0. The number of unbranched alkanes of at least 4 members (excludes halogenated alkanes) is 15. The van der Waals surface area contributed by atoms with Gasteiger partial charge in [0, 0.05) is 6.54 Å². The van der Waals surface area contributed by atoms with Gasteiger partial charge < -0.3 is 5.11 Å². The van der Waals surface area contributed by atoms with Gasteiger partial charge in [0.1, 0.15) is 0 Å². The third-order valence-electron chi connectivity index (χ3n) is 4.50. The van der Waals surface area contributed by atoms with Crippen LogP contribution in [-0.4, -0.2) is 22.8 Å². The van der Waals surface area contributed by atoms with E-state index in [-0.39, 0.29) is 0 Å². The number of hydrogen-bond acceptors (Lipinski definition) is 2. The quantitative estimate of drug-likeness (QED) is 0.147. The maximum absolute atomic E-state index is 10.5. The van der Waals surface area contributed by atoms with Crippen LogP contribution in [0.5, 0.6) is 0 Å². The molecular weight excluding hydrogens is 288 g/mol. The average molecular weight is 329 g/mol. The molecule has 0 saturated heterocycles. The van der Waals surface area contributed by atoms with E-state index in [1.807, 2.05) is 0 Å². The molecule has 3 N–H and O–H groups in total. The summed E-state index contributed by atoms with van der Waals surface area (Å²) in [6.45, 7) is 2.72. The third-order valence-corrected chi connectivity index (χ3v) is 4.50. The number of nitrogens with two attached hydrogens (primary N) is 1. The molecule has 0 aliphatic heterocycles. The van der Waals surface area contributed by atoms with Crippen LogP contribution in [0.2, 0.25) is 0 Å². The van der Waals surface area contributed by atoms with Gasteiger partial charge in [-0.25, -0.2) is 15.6 Å². The highest BCUT2D eigenvalue weighted by Gasteiger charge is 2.04. The Morgan fingerprint density at radius 3 is 1.30 bits per heavy atom. The Kier molecular flexibility index (Phi) is 17.0. The first-order valence-electron chi connectivity index (χ1n) is 9.93. The predicted octanol–water partition coefficient (Wildman–Crippen LogP) is 6.10. The van der Waals surface area contributed by atoms with E-state index in [4.69, 9.17) is 10.9 Å². The van der Waals surface area contributed by atoms with Crippen molar-refractivity contribution in [1.29, 1.82) is 0 Å². The molecule has 1 amide bonds. The van der Waals surface area contributed by atoms with Crippen molar-refractivity contribution in [3.8, 4) is 0 Å². The highest BCUT2D eigenvalue weighted by molar-refractivity contribution is 5.63. The van der Waals surface area contributed by atoms with Gasteiger partial charge in [0.05, 0.1) is 0 Å². The molecule has 4 heteroatoms. The van der Waals surface area contributed by atoms with Crippen molar-refractivity contribution in [2.24, 2.45) is 5.84 Å². The maximum Gasteiger partial charge on any atom is 0.421 e. The van der Waals surface area contributed by atoms with Crippen LogP contribution < -0.4 is 5.84 Å². The molecule has 0 radical (unpaired) electrons. The zero-order valence-electron chi connectivity index (χ0n) is 15.4. The molecule has 0 saturated carbocycles. The van der Waals surface area contributed by atoms with Crippen LogP contribution in [0.1, 0.15) is 110 Å². The highest BCUT2D eigenvalue weighted by Crippen LogP contribution is 2.13. The van der Waals surface area contributed by atoms with Crippen molar-refractivity contribution in [2.75, 3.05) is 6.54 Å². The fraction of sp³-hybridized carbons (Fsp3) is 0.947. The van der Waals surface area contributed by atoms with Crippen LogP contribution >= 0.6 is 0 Å².